The van der Waals surface area contributed by atoms with E-state index in [1.807, 2.05) is 6.07 Å². The monoisotopic (exact) mass is 380 g/mol. The van der Waals surface area contributed by atoms with Gasteiger partial charge in [0.15, 0.2) is 11.5 Å². The Hall–Kier alpha value is -3.46. The van der Waals surface area contributed by atoms with E-state index in [0.29, 0.717) is 29.4 Å². The van der Waals surface area contributed by atoms with Crippen LogP contribution in [-0.4, -0.2) is 24.7 Å². The van der Waals surface area contributed by atoms with E-state index < -0.39 is 5.91 Å². The molecule has 0 bridgehead atoms. The zero-order valence-corrected chi connectivity index (χ0v) is 16.1. The van der Waals surface area contributed by atoms with Crippen LogP contribution >= 0.6 is 0 Å². The smallest absolute Gasteiger partial charge is 0.266 e. The first-order valence-electron chi connectivity index (χ1n) is 9.10. The maximum Gasteiger partial charge on any atom is 0.266 e. The van der Waals surface area contributed by atoms with Gasteiger partial charge in [-0.3, -0.25) is 4.79 Å². The molecule has 0 atom stereocenters. The molecule has 1 amide bonds. The predicted molar refractivity (Wildman–Crippen MR) is 108 cm³/mol. The van der Waals surface area contributed by atoms with Crippen LogP contribution in [0.25, 0.3) is 6.08 Å². The molecule has 6 heteroatoms. The van der Waals surface area contributed by atoms with E-state index in [4.69, 9.17) is 9.47 Å². The third kappa shape index (κ3) is 6.06. The fourth-order valence-electron chi connectivity index (χ4n) is 2.52. The molecule has 0 saturated heterocycles. The lowest BCUT2D eigenvalue weighted by Crippen LogP contribution is -2.13. The molecule has 2 rings (SSSR count). The van der Waals surface area contributed by atoms with Crippen molar-refractivity contribution in [2.45, 2.75) is 26.2 Å². The van der Waals surface area contributed by atoms with Gasteiger partial charge in [-0.15, -0.1) is 0 Å². The van der Waals surface area contributed by atoms with Crippen molar-refractivity contribution in [1.82, 2.24) is 0 Å². The van der Waals surface area contributed by atoms with Crippen LogP contribution in [0.5, 0.6) is 17.2 Å². The Labute approximate surface area is 165 Å². The lowest BCUT2D eigenvalue weighted by Gasteiger charge is -2.11. The number of rotatable bonds is 9. The molecular formula is C22H24N2O4. The van der Waals surface area contributed by atoms with Crippen molar-refractivity contribution < 1.29 is 19.4 Å². The van der Waals surface area contributed by atoms with Crippen molar-refractivity contribution in [3.63, 3.8) is 0 Å². The molecule has 0 aliphatic rings. The van der Waals surface area contributed by atoms with Crippen LogP contribution in [0.1, 0.15) is 31.7 Å². The van der Waals surface area contributed by atoms with Gasteiger partial charge in [0, 0.05) is 11.8 Å². The summed E-state index contributed by atoms with van der Waals surface area (Å²) < 4.78 is 11.1. The minimum Gasteiger partial charge on any atom is -0.508 e. The van der Waals surface area contributed by atoms with Gasteiger partial charge in [-0.1, -0.05) is 31.9 Å². The largest absolute Gasteiger partial charge is 0.508 e. The number of amides is 1. The summed E-state index contributed by atoms with van der Waals surface area (Å²) in [6, 6.07) is 13.3. The molecule has 2 aromatic carbocycles. The summed E-state index contributed by atoms with van der Waals surface area (Å²) in [6.07, 6.45) is 4.66. The highest BCUT2D eigenvalue weighted by Gasteiger charge is 2.11. The Balaban J connectivity index is 2.14. The number of anilines is 1. The first-order valence-corrected chi connectivity index (χ1v) is 9.10. The molecule has 2 N–H and O–H groups in total. The normalized spacial score (nSPS) is 10.8. The molecule has 6 nitrogen and oxygen atoms in total. The maximum atomic E-state index is 12.3. The standard InChI is InChI=1S/C22H24N2O4/c1-3-4-5-11-28-20-10-9-16(13-21(20)27-2)12-17(15-23)22(26)24-18-7-6-8-19(25)14-18/h6-10,12-14,25H,3-5,11H2,1-2H3,(H,24,26). The fourth-order valence-corrected chi connectivity index (χ4v) is 2.52. The Kier molecular flexibility index (Phi) is 7.92. The van der Waals surface area contributed by atoms with E-state index in [9.17, 15) is 15.2 Å². The number of phenolic OH excluding ortho intramolecular Hbond substituents is 1. The highest BCUT2D eigenvalue weighted by Crippen LogP contribution is 2.29. The van der Waals surface area contributed by atoms with E-state index in [1.165, 1.54) is 18.2 Å². The second-order valence-electron chi connectivity index (χ2n) is 6.14. The first-order chi connectivity index (χ1) is 13.6. The number of carbonyl (C=O) groups is 1. The number of ether oxygens (including phenoxy) is 2. The minimum atomic E-state index is -0.563. The van der Waals surface area contributed by atoms with E-state index in [2.05, 4.69) is 12.2 Å². The number of hydrogen-bond donors (Lipinski definition) is 2. The van der Waals surface area contributed by atoms with Gasteiger partial charge >= 0.3 is 0 Å². The van der Waals surface area contributed by atoms with Gasteiger partial charge in [-0.2, -0.15) is 5.26 Å². The summed E-state index contributed by atoms with van der Waals surface area (Å²) in [6.45, 7) is 2.74. The van der Waals surface area contributed by atoms with Crippen molar-refractivity contribution in [1.29, 1.82) is 5.26 Å². The number of unbranched alkanes of at least 4 members (excludes halogenated alkanes) is 2. The molecular weight excluding hydrogens is 356 g/mol. The molecule has 146 valence electrons. The van der Waals surface area contributed by atoms with Gasteiger partial charge in [-0.05, 0) is 42.3 Å². The van der Waals surface area contributed by atoms with Crippen molar-refractivity contribution in [2.24, 2.45) is 0 Å². The minimum absolute atomic E-state index is 0.0274. The number of nitrogens with zero attached hydrogens (tertiary/aromatic N) is 1. The van der Waals surface area contributed by atoms with Crippen LogP contribution < -0.4 is 14.8 Å². The summed E-state index contributed by atoms with van der Waals surface area (Å²) >= 11 is 0. The Morgan fingerprint density at radius 2 is 2.04 bits per heavy atom. The average Bonchev–Trinajstić information content (AvgIpc) is 2.69. The second-order valence-corrected chi connectivity index (χ2v) is 6.14. The van der Waals surface area contributed by atoms with Crippen molar-refractivity contribution >= 4 is 17.7 Å². The molecule has 2 aromatic rings. The molecule has 0 saturated carbocycles. The van der Waals surface area contributed by atoms with Crippen LogP contribution in [0.4, 0.5) is 5.69 Å². The zero-order chi connectivity index (χ0) is 20.4. The number of nitriles is 1. The zero-order valence-electron chi connectivity index (χ0n) is 16.1. The number of hydrogen-bond acceptors (Lipinski definition) is 5. The van der Waals surface area contributed by atoms with Gasteiger partial charge in [-0.25, -0.2) is 0 Å². The van der Waals surface area contributed by atoms with Crippen molar-refractivity contribution in [3.8, 4) is 23.3 Å². The van der Waals surface area contributed by atoms with Crippen molar-refractivity contribution in [2.75, 3.05) is 19.0 Å². The molecule has 0 heterocycles. The van der Waals surface area contributed by atoms with Gasteiger partial charge in [0.25, 0.3) is 5.91 Å². The van der Waals surface area contributed by atoms with Gasteiger partial charge in [0.2, 0.25) is 0 Å². The third-order valence-corrected chi connectivity index (χ3v) is 3.97. The Morgan fingerprint density at radius 3 is 2.71 bits per heavy atom. The Bertz CT molecular complexity index is 884. The molecule has 0 aliphatic heterocycles. The average molecular weight is 380 g/mol. The van der Waals surface area contributed by atoms with Gasteiger partial charge in [0.1, 0.15) is 17.4 Å². The lowest BCUT2D eigenvalue weighted by atomic mass is 10.1. The van der Waals surface area contributed by atoms with Crippen LogP contribution in [0.3, 0.4) is 0 Å². The number of phenols is 1. The molecule has 0 fully saturated rings. The predicted octanol–water partition coefficient (Wildman–Crippen LogP) is 4.52. The lowest BCUT2D eigenvalue weighted by molar-refractivity contribution is -0.112. The first kappa shape index (κ1) is 20.8. The molecule has 0 aromatic heterocycles. The summed E-state index contributed by atoms with van der Waals surface area (Å²) in [4.78, 5) is 12.3. The summed E-state index contributed by atoms with van der Waals surface area (Å²) in [5.74, 6) is 0.626. The van der Waals surface area contributed by atoms with E-state index >= 15 is 0 Å². The number of nitrogens with one attached hydrogen (secondary N) is 1. The molecule has 0 aliphatic carbocycles. The topological polar surface area (TPSA) is 91.6 Å². The quantitative estimate of drug-likeness (QED) is 0.379. The van der Waals surface area contributed by atoms with E-state index in [1.54, 1.807) is 37.4 Å². The third-order valence-electron chi connectivity index (χ3n) is 3.97. The van der Waals surface area contributed by atoms with E-state index in [-0.39, 0.29) is 11.3 Å². The summed E-state index contributed by atoms with van der Waals surface area (Å²) in [7, 11) is 1.54. The molecule has 0 spiro atoms. The highest BCUT2D eigenvalue weighted by atomic mass is 16.5. The fraction of sp³-hybridized carbons (Fsp3) is 0.273. The number of carbonyl (C=O) groups excluding carboxylic acids is 1. The van der Waals surface area contributed by atoms with Gasteiger partial charge in [0.05, 0.1) is 13.7 Å². The van der Waals surface area contributed by atoms with E-state index in [0.717, 1.165) is 19.3 Å². The van der Waals surface area contributed by atoms with Crippen LogP contribution in [0, 0.1) is 11.3 Å². The maximum absolute atomic E-state index is 12.3. The Morgan fingerprint density at radius 1 is 1.21 bits per heavy atom. The highest BCUT2D eigenvalue weighted by molar-refractivity contribution is 6.09. The molecule has 0 radical (unpaired) electrons. The number of benzene rings is 2. The summed E-state index contributed by atoms with van der Waals surface area (Å²) in [5.41, 5.74) is 0.974. The van der Waals surface area contributed by atoms with Crippen molar-refractivity contribution in [3.05, 3.63) is 53.6 Å². The van der Waals surface area contributed by atoms with Crippen LogP contribution in [0.15, 0.2) is 48.0 Å². The SMILES string of the molecule is CCCCCOc1ccc(C=C(C#N)C(=O)Nc2cccc(O)c2)cc1OC. The van der Waals surface area contributed by atoms with Crippen LogP contribution in [-0.2, 0) is 4.79 Å². The van der Waals surface area contributed by atoms with Gasteiger partial charge < -0.3 is 19.9 Å². The second kappa shape index (κ2) is 10.6. The summed E-state index contributed by atoms with van der Waals surface area (Å²) in [5, 5.41) is 21.4. The number of aromatic hydroxyl groups is 1. The number of methoxy groups -OCH3 is 1. The van der Waals surface area contributed by atoms with Crippen LogP contribution in [0.2, 0.25) is 0 Å². The molecule has 28 heavy (non-hydrogen) atoms. The molecule has 0 unspecified atom stereocenters.